The van der Waals surface area contributed by atoms with E-state index in [9.17, 15) is 4.79 Å². The van der Waals surface area contributed by atoms with Crippen molar-refractivity contribution >= 4 is 28.3 Å². The first kappa shape index (κ1) is 12.7. The molecule has 0 spiro atoms. The number of carbonyl (C=O) groups is 1. The molecule has 5 N–H and O–H groups in total. The lowest BCUT2D eigenvalue weighted by Gasteiger charge is -2.13. The first-order chi connectivity index (χ1) is 7.56. The number of nitrogens with two attached hydrogens (primary N) is 2. The van der Waals surface area contributed by atoms with Gasteiger partial charge >= 0.3 is 0 Å². The zero-order valence-corrected chi connectivity index (χ0v) is 10.1. The van der Waals surface area contributed by atoms with E-state index in [4.69, 9.17) is 16.2 Å². The smallest absolute Gasteiger partial charge is 0.255 e. The largest absolute Gasteiger partial charge is 0.382 e. The molecule has 0 aromatic carbocycles. The molecule has 7 heteroatoms. The van der Waals surface area contributed by atoms with Crippen LogP contribution in [0.1, 0.15) is 24.2 Å². The van der Waals surface area contributed by atoms with Crippen molar-refractivity contribution in [3.05, 3.63) is 5.56 Å². The zero-order chi connectivity index (χ0) is 12.1. The van der Waals surface area contributed by atoms with Crippen molar-refractivity contribution in [2.24, 2.45) is 5.73 Å². The highest BCUT2D eigenvalue weighted by molar-refractivity contribution is 7.11. The first-order valence-corrected chi connectivity index (χ1v) is 5.72. The van der Waals surface area contributed by atoms with Gasteiger partial charge in [-0.15, -0.1) is 0 Å². The van der Waals surface area contributed by atoms with Gasteiger partial charge in [-0.05, 0) is 25.4 Å². The number of primary amides is 1. The highest BCUT2D eigenvalue weighted by Gasteiger charge is 2.17. The third kappa shape index (κ3) is 3.07. The number of aromatic nitrogens is 1. The third-order valence-electron chi connectivity index (χ3n) is 1.91. The van der Waals surface area contributed by atoms with E-state index in [1.165, 1.54) is 0 Å². The Morgan fingerprint density at radius 2 is 2.38 bits per heavy atom. The second kappa shape index (κ2) is 5.66. The fourth-order valence-electron chi connectivity index (χ4n) is 1.20. The van der Waals surface area contributed by atoms with Crippen LogP contribution >= 0.6 is 11.5 Å². The van der Waals surface area contributed by atoms with Gasteiger partial charge in [-0.3, -0.25) is 4.79 Å². The molecular formula is C9H16N4O2S. The molecule has 1 unspecified atom stereocenters. The summed E-state index contributed by atoms with van der Waals surface area (Å²) >= 11 is 1.12. The number of nitrogens with one attached hydrogen (secondary N) is 1. The Balaban J connectivity index is 2.70. The number of nitrogen functional groups attached to an aromatic ring is 1. The molecule has 1 amide bonds. The minimum Gasteiger partial charge on any atom is -0.382 e. The third-order valence-corrected chi connectivity index (χ3v) is 2.71. The Morgan fingerprint density at radius 3 is 2.94 bits per heavy atom. The lowest BCUT2D eigenvalue weighted by molar-refractivity contribution is 0.100. The van der Waals surface area contributed by atoms with Crippen LogP contribution in [0, 0.1) is 0 Å². The second-order valence-electron chi connectivity index (χ2n) is 3.34. The summed E-state index contributed by atoms with van der Waals surface area (Å²) in [5.74, 6) is -0.402. The Bertz CT molecular complexity index is 366. The van der Waals surface area contributed by atoms with Crippen LogP contribution in [0.25, 0.3) is 0 Å². The molecular weight excluding hydrogens is 228 g/mol. The van der Waals surface area contributed by atoms with Crippen LogP contribution in [-0.2, 0) is 4.74 Å². The average Bonchev–Trinajstić information content (AvgIpc) is 2.56. The maximum absolute atomic E-state index is 11.1. The van der Waals surface area contributed by atoms with Gasteiger partial charge in [0.25, 0.3) is 5.91 Å². The van der Waals surface area contributed by atoms with Crippen LogP contribution in [-0.4, -0.2) is 29.5 Å². The molecule has 1 aromatic heterocycles. The summed E-state index contributed by atoms with van der Waals surface area (Å²) in [6.45, 7) is 5.06. The summed E-state index contributed by atoms with van der Waals surface area (Å²) in [5, 5.41) is 3.69. The standard InChI is InChI=1S/C9H16N4O2S/c1-3-15-4-5(2)12-9-6(8(11)14)7(10)13-16-9/h5,12H,3-4H2,1-2H3,(H2,10,13)(H2,11,14). The molecule has 0 aliphatic heterocycles. The van der Waals surface area contributed by atoms with Crippen molar-refractivity contribution in [1.29, 1.82) is 0 Å². The van der Waals surface area contributed by atoms with E-state index >= 15 is 0 Å². The summed E-state index contributed by atoms with van der Waals surface area (Å²) in [5.41, 5.74) is 11.0. The molecule has 0 saturated carbocycles. The van der Waals surface area contributed by atoms with Gasteiger partial charge in [0.2, 0.25) is 0 Å². The van der Waals surface area contributed by atoms with E-state index in [1.807, 2.05) is 13.8 Å². The van der Waals surface area contributed by atoms with Crippen LogP contribution in [0.5, 0.6) is 0 Å². The van der Waals surface area contributed by atoms with Gasteiger partial charge in [0.15, 0.2) is 5.82 Å². The van der Waals surface area contributed by atoms with Crippen LogP contribution < -0.4 is 16.8 Å². The fraction of sp³-hybridized carbons (Fsp3) is 0.556. The van der Waals surface area contributed by atoms with Crippen molar-refractivity contribution in [3.63, 3.8) is 0 Å². The molecule has 0 saturated heterocycles. The number of rotatable bonds is 6. The lowest BCUT2D eigenvalue weighted by Crippen LogP contribution is -2.23. The van der Waals surface area contributed by atoms with E-state index in [1.54, 1.807) is 0 Å². The first-order valence-electron chi connectivity index (χ1n) is 4.95. The van der Waals surface area contributed by atoms with Crippen molar-refractivity contribution < 1.29 is 9.53 Å². The van der Waals surface area contributed by atoms with Gasteiger partial charge in [-0.2, -0.15) is 4.37 Å². The number of hydrogen-bond donors (Lipinski definition) is 3. The number of hydrogen-bond acceptors (Lipinski definition) is 6. The van der Waals surface area contributed by atoms with Crippen molar-refractivity contribution in [2.75, 3.05) is 24.3 Å². The Kier molecular flexibility index (Phi) is 4.51. The minimum absolute atomic E-state index is 0.0675. The van der Waals surface area contributed by atoms with Crippen LogP contribution in [0.15, 0.2) is 0 Å². The van der Waals surface area contributed by atoms with Gasteiger partial charge in [-0.1, -0.05) is 0 Å². The van der Waals surface area contributed by atoms with Gasteiger partial charge in [-0.25, -0.2) is 0 Å². The topological polar surface area (TPSA) is 103 Å². The molecule has 6 nitrogen and oxygen atoms in total. The van der Waals surface area contributed by atoms with Crippen molar-refractivity contribution in [2.45, 2.75) is 19.9 Å². The monoisotopic (exact) mass is 244 g/mol. The van der Waals surface area contributed by atoms with E-state index in [0.717, 1.165) is 11.5 Å². The maximum atomic E-state index is 11.1. The lowest BCUT2D eigenvalue weighted by atomic mass is 10.3. The summed E-state index contributed by atoms with van der Waals surface area (Å²) < 4.78 is 9.14. The average molecular weight is 244 g/mol. The van der Waals surface area contributed by atoms with E-state index in [0.29, 0.717) is 18.2 Å². The molecule has 1 aromatic rings. The molecule has 90 valence electrons. The number of anilines is 2. The van der Waals surface area contributed by atoms with Gasteiger partial charge in [0.1, 0.15) is 10.6 Å². The SMILES string of the molecule is CCOCC(C)Nc1snc(N)c1C(N)=O. The van der Waals surface area contributed by atoms with E-state index < -0.39 is 5.91 Å². The van der Waals surface area contributed by atoms with Crippen molar-refractivity contribution in [1.82, 2.24) is 4.37 Å². The zero-order valence-electron chi connectivity index (χ0n) is 9.32. The highest BCUT2D eigenvalue weighted by atomic mass is 32.1. The Morgan fingerprint density at radius 1 is 1.69 bits per heavy atom. The molecule has 1 heterocycles. The predicted molar refractivity (Wildman–Crippen MR) is 64.6 cm³/mol. The molecule has 0 aliphatic rings. The van der Waals surface area contributed by atoms with Crippen LogP contribution in [0.3, 0.4) is 0 Å². The molecule has 0 aliphatic carbocycles. The second-order valence-corrected chi connectivity index (χ2v) is 4.11. The predicted octanol–water partition coefficient (Wildman–Crippen LogP) is 0.661. The summed E-state index contributed by atoms with van der Waals surface area (Å²) in [7, 11) is 0. The fourth-order valence-corrected chi connectivity index (χ4v) is 2.03. The normalized spacial score (nSPS) is 12.4. The quantitative estimate of drug-likeness (QED) is 0.682. The van der Waals surface area contributed by atoms with Gasteiger partial charge < -0.3 is 21.5 Å². The minimum atomic E-state index is -0.572. The molecule has 16 heavy (non-hydrogen) atoms. The molecule has 1 atom stereocenters. The van der Waals surface area contributed by atoms with Crippen LogP contribution in [0.4, 0.5) is 10.8 Å². The molecule has 0 radical (unpaired) electrons. The maximum Gasteiger partial charge on any atom is 0.255 e. The van der Waals surface area contributed by atoms with E-state index in [-0.39, 0.29) is 17.4 Å². The summed E-state index contributed by atoms with van der Waals surface area (Å²) in [6.07, 6.45) is 0. The number of carbonyl (C=O) groups excluding carboxylic acids is 1. The molecule has 0 fully saturated rings. The Hall–Kier alpha value is -1.34. The number of nitrogens with zero attached hydrogens (tertiary/aromatic N) is 1. The Labute approximate surface area is 98.1 Å². The van der Waals surface area contributed by atoms with Crippen molar-refractivity contribution in [3.8, 4) is 0 Å². The van der Waals surface area contributed by atoms with Gasteiger partial charge in [0.05, 0.1) is 6.61 Å². The molecule has 0 bridgehead atoms. The summed E-state index contributed by atoms with van der Waals surface area (Å²) in [4.78, 5) is 11.1. The van der Waals surface area contributed by atoms with Gasteiger partial charge in [0, 0.05) is 12.6 Å². The highest BCUT2D eigenvalue weighted by Crippen LogP contribution is 2.26. The summed E-state index contributed by atoms with van der Waals surface area (Å²) in [6, 6.07) is 0.0675. The van der Waals surface area contributed by atoms with Crippen LogP contribution in [0.2, 0.25) is 0 Å². The number of amides is 1. The number of ether oxygens (including phenoxy) is 1. The van der Waals surface area contributed by atoms with E-state index in [2.05, 4.69) is 9.69 Å². The molecule has 1 rings (SSSR count).